The van der Waals surface area contributed by atoms with Gasteiger partial charge in [-0.3, -0.25) is 0 Å². The number of halogens is 1. The van der Waals surface area contributed by atoms with Crippen molar-refractivity contribution in [2.24, 2.45) is 0 Å². The molecule has 0 unspecified atom stereocenters. The van der Waals surface area contributed by atoms with Gasteiger partial charge in [0, 0.05) is 30.3 Å². The average molecular weight is 300 g/mol. The summed E-state index contributed by atoms with van der Waals surface area (Å²) in [5, 5.41) is 3.49. The molecule has 1 aromatic rings. The summed E-state index contributed by atoms with van der Waals surface area (Å²) < 4.78 is 12.0. The first-order valence-corrected chi connectivity index (χ1v) is 6.83. The van der Waals surface area contributed by atoms with Crippen molar-refractivity contribution in [1.82, 2.24) is 5.32 Å². The van der Waals surface area contributed by atoms with Gasteiger partial charge < -0.3 is 14.8 Å². The highest BCUT2D eigenvalue weighted by Crippen LogP contribution is 2.15. The number of hydrogen-bond acceptors (Lipinski definition) is 3. The van der Waals surface area contributed by atoms with E-state index in [1.54, 1.807) is 0 Å². The third-order valence-electron chi connectivity index (χ3n) is 2.84. The van der Waals surface area contributed by atoms with Gasteiger partial charge in [-0.15, -0.1) is 0 Å². The molecule has 1 fully saturated rings. The molecule has 1 aromatic carbocycles. The van der Waals surface area contributed by atoms with E-state index in [-0.39, 0.29) is 0 Å². The van der Waals surface area contributed by atoms with Crippen molar-refractivity contribution in [3.8, 4) is 5.75 Å². The quantitative estimate of drug-likeness (QED) is 0.848. The van der Waals surface area contributed by atoms with Crippen molar-refractivity contribution in [2.75, 3.05) is 26.4 Å². The summed E-state index contributed by atoms with van der Waals surface area (Å²) in [7, 11) is 0. The van der Waals surface area contributed by atoms with Crippen LogP contribution >= 0.6 is 15.9 Å². The van der Waals surface area contributed by atoms with Gasteiger partial charge in [-0.2, -0.15) is 0 Å². The first-order chi connectivity index (χ1) is 8.34. The second-order valence-electron chi connectivity index (χ2n) is 4.14. The standard InChI is InChI=1S/C13H18BrNO2/c14-11-1-3-13(4-2-11)17-10-7-15-12-5-8-16-9-6-12/h1-4,12,15H,5-10H2. The molecule has 2 rings (SSSR count). The van der Waals surface area contributed by atoms with Gasteiger partial charge in [0.1, 0.15) is 12.4 Å². The molecule has 0 aliphatic carbocycles. The Kier molecular flexibility index (Phi) is 5.29. The summed E-state index contributed by atoms with van der Waals surface area (Å²) in [5.74, 6) is 0.918. The Morgan fingerprint density at radius 2 is 1.94 bits per heavy atom. The lowest BCUT2D eigenvalue weighted by Crippen LogP contribution is -2.37. The monoisotopic (exact) mass is 299 g/mol. The van der Waals surface area contributed by atoms with Crippen LogP contribution in [0.4, 0.5) is 0 Å². The van der Waals surface area contributed by atoms with Gasteiger partial charge in [0.25, 0.3) is 0 Å². The topological polar surface area (TPSA) is 30.5 Å². The van der Waals surface area contributed by atoms with Crippen LogP contribution in [0.1, 0.15) is 12.8 Å². The van der Waals surface area contributed by atoms with E-state index in [1.807, 2.05) is 24.3 Å². The summed E-state index contributed by atoms with van der Waals surface area (Å²) in [5.41, 5.74) is 0. The molecular weight excluding hydrogens is 282 g/mol. The molecule has 3 nitrogen and oxygen atoms in total. The highest BCUT2D eigenvalue weighted by atomic mass is 79.9. The van der Waals surface area contributed by atoms with Gasteiger partial charge >= 0.3 is 0 Å². The third-order valence-corrected chi connectivity index (χ3v) is 3.37. The minimum absolute atomic E-state index is 0.595. The Morgan fingerprint density at radius 3 is 2.65 bits per heavy atom. The van der Waals surface area contributed by atoms with Crippen molar-refractivity contribution in [3.05, 3.63) is 28.7 Å². The lowest BCUT2D eigenvalue weighted by Gasteiger charge is -2.23. The second-order valence-corrected chi connectivity index (χ2v) is 5.06. The lowest BCUT2D eigenvalue weighted by molar-refractivity contribution is 0.0770. The van der Waals surface area contributed by atoms with Crippen LogP contribution in [0.25, 0.3) is 0 Å². The summed E-state index contributed by atoms with van der Waals surface area (Å²) in [6.07, 6.45) is 2.22. The molecule has 0 bridgehead atoms. The van der Waals surface area contributed by atoms with Gasteiger partial charge in [-0.25, -0.2) is 0 Å². The Balaban J connectivity index is 1.60. The summed E-state index contributed by atoms with van der Waals surface area (Å²) in [6, 6.07) is 8.51. The smallest absolute Gasteiger partial charge is 0.119 e. The molecule has 0 saturated carbocycles. The number of ether oxygens (including phenoxy) is 2. The minimum Gasteiger partial charge on any atom is -0.492 e. The van der Waals surface area contributed by atoms with Crippen molar-refractivity contribution >= 4 is 15.9 Å². The Bertz CT molecular complexity index is 323. The zero-order valence-electron chi connectivity index (χ0n) is 9.82. The molecule has 1 N–H and O–H groups in total. The molecule has 1 aliphatic heterocycles. The largest absolute Gasteiger partial charge is 0.492 e. The molecule has 1 aliphatic rings. The van der Waals surface area contributed by atoms with E-state index < -0.39 is 0 Å². The van der Waals surface area contributed by atoms with Crippen LogP contribution < -0.4 is 10.1 Å². The fraction of sp³-hybridized carbons (Fsp3) is 0.538. The third kappa shape index (κ3) is 4.66. The normalized spacial score (nSPS) is 17.0. The first-order valence-electron chi connectivity index (χ1n) is 6.04. The fourth-order valence-corrected chi connectivity index (χ4v) is 2.13. The van der Waals surface area contributed by atoms with Gasteiger partial charge in [0.15, 0.2) is 0 Å². The minimum atomic E-state index is 0.595. The van der Waals surface area contributed by atoms with E-state index in [4.69, 9.17) is 9.47 Å². The van der Waals surface area contributed by atoms with Gasteiger partial charge in [0.05, 0.1) is 0 Å². The molecule has 1 saturated heterocycles. The highest BCUT2D eigenvalue weighted by Gasteiger charge is 2.12. The highest BCUT2D eigenvalue weighted by molar-refractivity contribution is 9.10. The summed E-state index contributed by atoms with van der Waals surface area (Å²) in [6.45, 7) is 3.36. The molecule has 1 heterocycles. The van der Waals surface area contributed by atoms with Gasteiger partial charge in [0.2, 0.25) is 0 Å². The number of nitrogens with one attached hydrogen (secondary N) is 1. The van der Waals surface area contributed by atoms with Crippen LogP contribution in [-0.4, -0.2) is 32.4 Å². The van der Waals surface area contributed by atoms with Crippen molar-refractivity contribution in [2.45, 2.75) is 18.9 Å². The molecule has 0 amide bonds. The Labute approximate surface area is 111 Å². The van der Waals surface area contributed by atoms with Crippen LogP contribution in [0, 0.1) is 0 Å². The van der Waals surface area contributed by atoms with Crippen molar-refractivity contribution in [3.63, 3.8) is 0 Å². The summed E-state index contributed by atoms with van der Waals surface area (Å²) >= 11 is 3.40. The van der Waals surface area contributed by atoms with Crippen LogP contribution in [0.5, 0.6) is 5.75 Å². The Morgan fingerprint density at radius 1 is 1.24 bits per heavy atom. The lowest BCUT2D eigenvalue weighted by atomic mass is 10.1. The van der Waals surface area contributed by atoms with Crippen LogP contribution in [0.15, 0.2) is 28.7 Å². The van der Waals surface area contributed by atoms with Crippen LogP contribution in [-0.2, 0) is 4.74 Å². The number of hydrogen-bond donors (Lipinski definition) is 1. The molecule has 0 aromatic heterocycles. The predicted molar refractivity (Wildman–Crippen MR) is 71.5 cm³/mol. The van der Waals surface area contributed by atoms with Gasteiger partial charge in [-0.05, 0) is 37.1 Å². The average Bonchev–Trinajstić information content (AvgIpc) is 2.38. The van der Waals surface area contributed by atoms with E-state index in [1.165, 1.54) is 0 Å². The number of rotatable bonds is 5. The molecule has 0 atom stereocenters. The molecular formula is C13H18BrNO2. The van der Waals surface area contributed by atoms with E-state index in [0.29, 0.717) is 12.6 Å². The van der Waals surface area contributed by atoms with Crippen LogP contribution in [0.3, 0.4) is 0 Å². The zero-order valence-corrected chi connectivity index (χ0v) is 11.4. The van der Waals surface area contributed by atoms with Gasteiger partial charge in [-0.1, -0.05) is 15.9 Å². The maximum Gasteiger partial charge on any atom is 0.119 e. The second kappa shape index (κ2) is 6.99. The first kappa shape index (κ1) is 12.9. The van der Waals surface area contributed by atoms with E-state index in [2.05, 4.69) is 21.2 Å². The maximum atomic E-state index is 5.64. The Hall–Kier alpha value is -0.580. The van der Waals surface area contributed by atoms with Crippen molar-refractivity contribution < 1.29 is 9.47 Å². The molecule has 94 valence electrons. The molecule has 4 heteroatoms. The molecule has 0 radical (unpaired) electrons. The molecule has 17 heavy (non-hydrogen) atoms. The van der Waals surface area contributed by atoms with Crippen molar-refractivity contribution in [1.29, 1.82) is 0 Å². The number of benzene rings is 1. The SMILES string of the molecule is Brc1ccc(OCCNC2CCOCC2)cc1. The summed E-state index contributed by atoms with van der Waals surface area (Å²) in [4.78, 5) is 0. The maximum absolute atomic E-state index is 5.64. The van der Waals surface area contributed by atoms with E-state index in [9.17, 15) is 0 Å². The molecule has 0 spiro atoms. The zero-order chi connectivity index (χ0) is 11.9. The van der Waals surface area contributed by atoms with E-state index in [0.717, 1.165) is 42.8 Å². The van der Waals surface area contributed by atoms with E-state index >= 15 is 0 Å². The fourth-order valence-electron chi connectivity index (χ4n) is 1.86. The predicted octanol–water partition coefficient (Wildman–Crippen LogP) is 2.60. The van der Waals surface area contributed by atoms with Crippen LogP contribution in [0.2, 0.25) is 0 Å².